The Balaban J connectivity index is 1.53. The lowest BCUT2D eigenvalue weighted by molar-refractivity contribution is -0.00521. The molecular weight excluding hydrogens is 306 g/mol. The van der Waals surface area contributed by atoms with Crippen molar-refractivity contribution in [3.8, 4) is 0 Å². The van der Waals surface area contributed by atoms with E-state index in [1.54, 1.807) is 12.5 Å². The number of urea groups is 1. The largest absolute Gasteiger partial charge is 0.472 e. The molecule has 1 aromatic heterocycles. The highest BCUT2D eigenvalue weighted by Gasteiger charge is 2.22. The molecule has 0 aliphatic carbocycles. The second-order valence-electron chi connectivity index (χ2n) is 6.15. The first-order valence-corrected chi connectivity index (χ1v) is 8.16. The van der Waals surface area contributed by atoms with Crippen molar-refractivity contribution in [1.82, 2.24) is 5.32 Å². The van der Waals surface area contributed by atoms with Gasteiger partial charge >= 0.3 is 6.03 Å². The summed E-state index contributed by atoms with van der Waals surface area (Å²) in [5, 5.41) is 5.61. The minimum atomic E-state index is -0.238. The Bertz CT molecular complexity index is 645. The molecule has 2 aromatic rings. The van der Waals surface area contributed by atoms with Crippen LogP contribution in [0.1, 0.15) is 19.4 Å². The Morgan fingerprint density at radius 2 is 1.88 bits per heavy atom. The van der Waals surface area contributed by atoms with Gasteiger partial charge in [-0.3, -0.25) is 0 Å². The number of amides is 2. The van der Waals surface area contributed by atoms with Gasteiger partial charge in [-0.2, -0.15) is 0 Å². The van der Waals surface area contributed by atoms with Crippen LogP contribution in [0.2, 0.25) is 0 Å². The Hall–Kier alpha value is -2.47. The summed E-state index contributed by atoms with van der Waals surface area (Å²) in [6, 6.07) is 9.46. The van der Waals surface area contributed by atoms with Crippen molar-refractivity contribution >= 4 is 17.4 Å². The molecule has 128 valence electrons. The standard InChI is InChI=1S/C18H23N3O3/c1-13-10-21(11-14(2)24-13)17-5-3-16(4-6-17)20-18(22)19-9-15-7-8-23-12-15/h3-8,12-14H,9-11H2,1-2H3,(H2,19,20,22)/t13-,14-/m1/s1. The number of carbonyl (C=O) groups is 1. The summed E-state index contributed by atoms with van der Waals surface area (Å²) in [4.78, 5) is 14.2. The number of carbonyl (C=O) groups excluding carboxylic acids is 1. The van der Waals surface area contributed by atoms with Gasteiger partial charge in [0.25, 0.3) is 0 Å². The number of furan rings is 1. The van der Waals surface area contributed by atoms with Gasteiger partial charge in [0.1, 0.15) is 0 Å². The van der Waals surface area contributed by atoms with Crippen LogP contribution in [0, 0.1) is 0 Å². The smallest absolute Gasteiger partial charge is 0.319 e. The maximum Gasteiger partial charge on any atom is 0.319 e. The summed E-state index contributed by atoms with van der Waals surface area (Å²) in [6.07, 6.45) is 3.64. The molecule has 2 N–H and O–H groups in total. The highest BCUT2D eigenvalue weighted by Crippen LogP contribution is 2.22. The Kier molecular flexibility index (Phi) is 5.05. The molecule has 1 aromatic carbocycles. The molecule has 24 heavy (non-hydrogen) atoms. The molecule has 1 aliphatic heterocycles. The predicted octanol–water partition coefficient (Wildman–Crippen LogP) is 3.21. The number of ether oxygens (including phenoxy) is 1. The minimum absolute atomic E-state index is 0.222. The van der Waals surface area contributed by atoms with Gasteiger partial charge in [0, 0.05) is 36.6 Å². The van der Waals surface area contributed by atoms with Crippen LogP contribution in [-0.4, -0.2) is 31.3 Å². The molecule has 3 rings (SSSR count). The fourth-order valence-corrected chi connectivity index (χ4v) is 2.90. The first kappa shape index (κ1) is 16.4. The van der Waals surface area contributed by atoms with E-state index in [-0.39, 0.29) is 18.2 Å². The van der Waals surface area contributed by atoms with Crippen LogP contribution in [0.4, 0.5) is 16.2 Å². The zero-order valence-electron chi connectivity index (χ0n) is 14.0. The molecule has 0 radical (unpaired) electrons. The molecule has 0 unspecified atom stereocenters. The fourth-order valence-electron chi connectivity index (χ4n) is 2.90. The number of nitrogens with zero attached hydrogens (tertiary/aromatic N) is 1. The van der Waals surface area contributed by atoms with Crippen molar-refractivity contribution in [2.24, 2.45) is 0 Å². The molecular formula is C18H23N3O3. The third-order valence-corrected chi connectivity index (χ3v) is 3.94. The van der Waals surface area contributed by atoms with Crippen LogP contribution in [0.5, 0.6) is 0 Å². The lowest BCUT2D eigenvalue weighted by Crippen LogP contribution is -2.45. The van der Waals surface area contributed by atoms with Crippen molar-refractivity contribution in [2.75, 3.05) is 23.3 Å². The zero-order chi connectivity index (χ0) is 16.9. The van der Waals surface area contributed by atoms with E-state index in [0.717, 1.165) is 30.0 Å². The number of rotatable bonds is 4. The first-order valence-electron chi connectivity index (χ1n) is 8.16. The molecule has 0 saturated carbocycles. The first-order chi connectivity index (χ1) is 11.6. The van der Waals surface area contributed by atoms with E-state index in [1.807, 2.05) is 30.3 Å². The van der Waals surface area contributed by atoms with Crippen LogP contribution < -0.4 is 15.5 Å². The second kappa shape index (κ2) is 7.40. The van der Waals surface area contributed by atoms with Crippen molar-refractivity contribution in [1.29, 1.82) is 0 Å². The minimum Gasteiger partial charge on any atom is -0.472 e. The monoisotopic (exact) mass is 329 g/mol. The van der Waals surface area contributed by atoms with E-state index < -0.39 is 0 Å². The molecule has 6 heteroatoms. The maximum absolute atomic E-state index is 11.9. The highest BCUT2D eigenvalue weighted by molar-refractivity contribution is 5.89. The number of morpholine rings is 1. The van der Waals surface area contributed by atoms with Gasteiger partial charge in [-0.25, -0.2) is 4.79 Å². The van der Waals surface area contributed by atoms with E-state index in [0.29, 0.717) is 6.54 Å². The number of benzene rings is 1. The quantitative estimate of drug-likeness (QED) is 0.904. The van der Waals surface area contributed by atoms with Crippen molar-refractivity contribution < 1.29 is 13.9 Å². The second-order valence-corrected chi connectivity index (χ2v) is 6.15. The molecule has 2 atom stereocenters. The van der Waals surface area contributed by atoms with Gasteiger partial charge in [-0.05, 0) is 44.2 Å². The average Bonchev–Trinajstić information content (AvgIpc) is 3.06. The van der Waals surface area contributed by atoms with Gasteiger partial charge in [-0.15, -0.1) is 0 Å². The maximum atomic E-state index is 11.9. The van der Waals surface area contributed by atoms with E-state index in [2.05, 4.69) is 29.4 Å². The molecule has 1 aliphatic rings. The van der Waals surface area contributed by atoms with Crippen LogP contribution in [0.3, 0.4) is 0 Å². The number of nitrogens with one attached hydrogen (secondary N) is 2. The van der Waals surface area contributed by atoms with Gasteiger partial charge < -0.3 is 24.7 Å². The van der Waals surface area contributed by atoms with Crippen LogP contribution in [0.25, 0.3) is 0 Å². The van der Waals surface area contributed by atoms with Crippen LogP contribution >= 0.6 is 0 Å². The molecule has 1 fully saturated rings. The third kappa shape index (κ3) is 4.29. The summed E-state index contributed by atoms with van der Waals surface area (Å²) in [7, 11) is 0. The van der Waals surface area contributed by atoms with Crippen molar-refractivity contribution in [3.63, 3.8) is 0 Å². The Morgan fingerprint density at radius 1 is 1.17 bits per heavy atom. The number of hydrogen-bond acceptors (Lipinski definition) is 4. The van der Waals surface area contributed by atoms with Crippen LogP contribution in [0.15, 0.2) is 47.3 Å². The fraction of sp³-hybridized carbons (Fsp3) is 0.389. The summed E-state index contributed by atoms with van der Waals surface area (Å²) < 4.78 is 10.7. The van der Waals surface area contributed by atoms with E-state index in [4.69, 9.17) is 9.15 Å². The molecule has 0 bridgehead atoms. The van der Waals surface area contributed by atoms with E-state index in [9.17, 15) is 4.79 Å². The zero-order valence-corrected chi connectivity index (χ0v) is 14.0. The summed E-state index contributed by atoms with van der Waals surface area (Å²) in [6.45, 7) is 6.36. The van der Waals surface area contributed by atoms with E-state index in [1.165, 1.54) is 0 Å². The average molecular weight is 329 g/mol. The summed E-state index contributed by atoms with van der Waals surface area (Å²) in [5.41, 5.74) is 2.83. The predicted molar refractivity (Wildman–Crippen MR) is 93.2 cm³/mol. The Labute approximate surface area is 141 Å². The third-order valence-electron chi connectivity index (χ3n) is 3.94. The van der Waals surface area contributed by atoms with Crippen LogP contribution in [-0.2, 0) is 11.3 Å². The summed E-state index contributed by atoms with van der Waals surface area (Å²) in [5.74, 6) is 0. The number of hydrogen-bond donors (Lipinski definition) is 2. The lowest BCUT2D eigenvalue weighted by atomic mass is 10.2. The lowest BCUT2D eigenvalue weighted by Gasteiger charge is -2.36. The van der Waals surface area contributed by atoms with Gasteiger partial charge in [0.15, 0.2) is 0 Å². The molecule has 0 spiro atoms. The Morgan fingerprint density at radius 3 is 2.50 bits per heavy atom. The van der Waals surface area contributed by atoms with Crippen molar-refractivity contribution in [3.05, 3.63) is 48.4 Å². The number of anilines is 2. The molecule has 6 nitrogen and oxygen atoms in total. The molecule has 2 amide bonds. The summed E-state index contributed by atoms with van der Waals surface area (Å²) >= 11 is 0. The SMILES string of the molecule is C[C@@H]1CN(c2ccc(NC(=O)NCc3ccoc3)cc2)C[C@@H](C)O1. The van der Waals surface area contributed by atoms with Gasteiger partial charge in [0.05, 0.1) is 24.7 Å². The topological polar surface area (TPSA) is 66.7 Å². The van der Waals surface area contributed by atoms with Gasteiger partial charge in [-0.1, -0.05) is 0 Å². The highest BCUT2D eigenvalue weighted by atomic mass is 16.5. The molecule has 2 heterocycles. The van der Waals surface area contributed by atoms with Crippen molar-refractivity contribution in [2.45, 2.75) is 32.6 Å². The molecule has 1 saturated heterocycles. The normalized spacial score (nSPS) is 20.7. The van der Waals surface area contributed by atoms with E-state index >= 15 is 0 Å². The van der Waals surface area contributed by atoms with Gasteiger partial charge in [0.2, 0.25) is 0 Å².